The van der Waals surface area contributed by atoms with Crippen molar-refractivity contribution in [1.29, 1.82) is 0 Å². The standard InChI is InChI=1S/C18H21NO3/c1-5-13(6-2)16(18(21)22-4)17(20)19-11-12(3)14-9-7-8-10-15(14)19/h7-11H,5-6H2,1-4H3. The number of methoxy groups -OCH3 is 1. The van der Waals surface area contributed by atoms with Crippen LogP contribution in [0.1, 0.15) is 37.0 Å². The number of ether oxygens (including phenoxy) is 1. The van der Waals surface area contributed by atoms with Gasteiger partial charge in [-0.25, -0.2) is 4.79 Å². The van der Waals surface area contributed by atoms with Crippen molar-refractivity contribution >= 4 is 22.8 Å². The number of para-hydroxylation sites is 1. The maximum atomic E-state index is 12.9. The molecular formula is C18H21NO3. The van der Waals surface area contributed by atoms with Crippen molar-refractivity contribution in [3.8, 4) is 0 Å². The van der Waals surface area contributed by atoms with Gasteiger partial charge < -0.3 is 4.74 Å². The van der Waals surface area contributed by atoms with Gasteiger partial charge in [-0.2, -0.15) is 0 Å². The van der Waals surface area contributed by atoms with E-state index >= 15 is 0 Å². The van der Waals surface area contributed by atoms with Crippen LogP contribution in [0.15, 0.2) is 41.6 Å². The Morgan fingerprint density at radius 1 is 1.14 bits per heavy atom. The molecule has 0 amide bonds. The lowest BCUT2D eigenvalue weighted by Crippen LogP contribution is -2.22. The summed E-state index contributed by atoms with van der Waals surface area (Å²) in [6.07, 6.45) is 3.06. The third-order valence-corrected chi connectivity index (χ3v) is 3.94. The molecule has 0 spiro atoms. The van der Waals surface area contributed by atoms with Crippen molar-refractivity contribution in [3.05, 3.63) is 47.2 Å². The van der Waals surface area contributed by atoms with Crippen molar-refractivity contribution < 1.29 is 14.3 Å². The van der Waals surface area contributed by atoms with E-state index in [4.69, 9.17) is 4.74 Å². The fourth-order valence-electron chi connectivity index (χ4n) is 2.73. The third-order valence-electron chi connectivity index (χ3n) is 3.94. The summed E-state index contributed by atoms with van der Waals surface area (Å²) in [6.45, 7) is 5.83. The molecular weight excluding hydrogens is 278 g/mol. The van der Waals surface area contributed by atoms with Gasteiger partial charge in [0.2, 0.25) is 0 Å². The number of rotatable bonds is 4. The van der Waals surface area contributed by atoms with Gasteiger partial charge in [0.05, 0.1) is 12.6 Å². The molecule has 0 fully saturated rings. The first-order valence-corrected chi connectivity index (χ1v) is 7.46. The number of aromatic nitrogens is 1. The minimum Gasteiger partial charge on any atom is -0.465 e. The normalized spacial score (nSPS) is 10.5. The molecule has 22 heavy (non-hydrogen) atoms. The first kappa shape index (κ1) is 16.0. The highest BCUT2D eigenvalue weighted by atomic mass is 16.5. The van der Waals surface area contributed by atoms with E-state index in [0.29, 0.717) is 12.8 Å². The van der Waals surface area contributed by atoms with Crippen LogP contribution in [0.25, 0.3) is 10.9 Å². The summed E-state index contributed by atoms with van der Waals surface area (Å²) in [5.41, 5.74) is 2.77. The average Bonchev–Trinajstić information content (AvgIpc) is 2.88. The summed E-state index contributed by atoms with van der Waals surface area (Å²) >= 11 is 0. The van der Waals surface area contributed by atoms with Crippen LogP contribution in [0.4, 0.5) is 0 Å². The van der Waals surface area contributed by atoms with Crippen LogP contribution >= 0.6 is 0 Å². The smallest absolute Gasteiger partial charge is 0.343 e. The van der Waals surface area contributed by atoms with Crippen LogP contribution in [0.5, 0.6) is 0 Å². The maximum absolute atomic E-state index is 12.9. The summed E-state index contributed by atoms with van der Waals surface area (Å²) in [5, 5.41) is 1.01. The molecule has 2 aromatic rings. The van der Waals surface area contributed by atoms with Crippen LogP contribution in [0, 0.1) is 6.92 Å². The molecule has 0 unspecified atom stereocenters. The molecule has 1 aromatic heterocycles. The van der Waals surface area contributed by atoms with Gasteiger partial charge in [-0.1, -0.05) is 37.6 Å². The topological polar surface area (TPSA) is 48.3 Å². The van der Waals surface area contributed by atoms with Crippen molar-refractivity contribution in [2.45, 2.75) is 33.6 Å². The molecule has 0 radical (unpaired) electrons. The van der Waals surface area contributed by atoms with Gasteiger partial charge in [0.1, 0.15) is 5.57 Å². The largest absolute Gasteiger partial charge is 0.465 e. The fraction of sp³-hybridized carbons (Fsp3) is 0.333. The molecule has 0 saturated carbocycles. The van der Waals surface area contributed by atoms with Gasteiger partial charge >= 0.3 is 5.97 Å². The molecule has 4 heteroatoms. The Bertz CT molecular complexity index is 747. The SMILES string of the molecule is CCC(CC)=C(C(=O)OC)C(=O)n1cc(C)c2ccccc21. The van der Waals surface area contributed by atoms with Crippen LogP contribution in [-0.4, -0.2) is 23.6 Å². The highest BCUT2D eigenvalue weighted by Crippen LogP contribution is 2.24. The van der Waals surface area contributed by atoms with Crippen molar-refractivity contribution in [1.82, 2.24) is 4.57 Å². The molecule has 116 valence electrons. The highest BCUT2D eigenvalue weighted by Gasteiger charge is 2.25. The number of esters is 1. The zero-order chi connectivity index (χ0) is 16.3. The van der Waals surface area contributed by atoms with E-state index in [1.807, 2.05) is 45.0 Å². The molecule has 0 bridgehead atoms. The third kappa shape index (κ3) is 2.69. The van der Waals surface area contributed by atoms with Crippen molar-refractivity contribution in [2.24, 2.45) is 0 Å². The van der Waals surface area contributed by atoms with Crippen molar-refractivity contribution in [2.75, 3.05) is 7.11 Å². The molecule has 2 rings (SSSR count). The second kappa shape index (κ2) is 6.60. The summed E-state index contributed by atoms with van der Waals surface area (Å²) in [6, 6.07) is 7.67. The lowest BCUT2D eigenvalue weighted by atomic mass is 10.0. The number of hydrogen-bond acceptors (Lipinski definition) is 3. The molecule has 0 aliphatic carbocycles. The Kier molecular flexibility index (Phi) is 4.81. The van der Waals surface area contributed by atoms with Gasteiger partial charge in [0.15, 0.2) is 0 Å². The van der Waals surface area contributed by atoms with E-state index in [-0.39, 0.29) is 11.5 Å². The highest BCUT2D eigenvalue weighted by molar-refractivity contribution is 6.19. The lowest BCUT2D eigenvalue weighted by molar-refractivity contribution is -0.135. The fourth-order valence-corrected chi connectivity index (χ4v) is 2.73. The molecule has 4 nitrogen and oxygen atoms in total. The summed E-state index contributed by atoms with van der Waals surface area (Å²) in [5.74, 6) is -0.894. The number of allylic oxidation sites excluding steroid dienone is 1. The molecule has 0 aliphatic rings. The summed E-state index contributed by atoms with van der Waals surface area (Å²) in [7, 11) is 1.30. The first-order valence-electron chi connectivity index (χ1n) is 7.46. The van der Waals surface area contributed by atoms with Gasteiger partial charge in [-0.05, 0) is 31.4 Å². The number of aryl methyl sites for hydroxylation is 1. The minimum atomic E-state index is -0.570. The Morgan fingerprint density at radius 2 is 1.77 bits per heavy atom. The Hall–Kier alpha value is -2.36. The van der Waals surface area contributed by atoms with Crippen LogP contribution in [0.2, 0.25) is 0 Å². The molecule has 1 heterocycles. The van der Waals surface area contributed by atoms with E-state index < -0.39 is 5.97 Å². The lowest BCUT2D eigenvalue weighted by Gasteiger charge is -2.11. The average molecular weight is 299 g/mol. The first-order chi connectivity index (χ1) is 10.5. The maximum Gasteiger partial charge on any atom is 0.343 e. The number of fused-ring (bicyclic) bond motifs is 1. The predicted molar refractivity (Wildman–Crippen MR) is 86.9 cm³/mol. The van der Waals surface area contributed by atoms with Crippen LogP contribution in [0.3, 0.4) is 0 Å². The zero-order valence-corrected chi connectivity index (χ0v) is 13.5. The van der Waals surface area contributed by atoms with E-state index in [2.05, 4.69) is 0 Å². The molecule has 0 N–H and O–H groups in total. The van der Waals surface area contributed by atoms with E-state index in [0.717, 1.165) is 22.0 Å². The second-order valence-corrected chi connectivity index (χ2v) is 5.18. The van der Waals surface area contributed by atoms with Crippen molar-refractivity contribution in [3.63, 3.8) is 0 Å². The quantitative estimate of drug-likeness (QED) is 0.372. The summed E-state index contributed by atoms with van der Waals surface area (Å²) < 4.78 is 6.37. The van der Waals surface area contributed by atoms with E-state index in [1.54, 1.807) is 10.8 Å². The minimum absolute atomic E-state index is 0.147. The monoisotopic (exact) mass is 299 g/mol. The molecule has 0 saturated heterocycles. The van der Waals surface area contributed by atoms with E-state index in [1.165, 1.54) is 7.11 Å². The van der Waals surface area contributed by atoms with Gasteiger partial charge in [0, 0.05) is 11.6 Å². The number of carbonyl (C=O) groups excluding carboxylic acids is 2. The number of nitrogens with zero attached hydrogens (tertiary/aromatic N) is 1. The Balaban J connectivity index is 2.65. The second-order valence-electron chi connectivity index (χ2n) is 5.18. The predicted octanol–water partition coefficient (Wildman–Crippen LogP) is 3.88. The molecule has 0 atom stereocenters. The Morgan fingerprint density at radius 3 is 2.36 bits per heavy atom. The number of hydrogen-bond donors (Lipinski definition) is 0. The Labute approximate surface area is 130 Å². The molecule has 0 aliphatic heterocycles. The number of carbonyl (C=O) groups is 2. The van der Waals surface area contributed by atoms with Crippen LogP contribution in [-0.2, 0) is 9.53 Å². The van der Waals surface area contributed by atoms with Gasteiger partial charge in [-0.3, -0.25) is 9.36 Å². The molecule has 1 aromatic carbocycles. The van der Waals surface area contributed by atoms with Crippen LogP contribution < -0.4 is 0 Å². The summed E-state index contributed by atoms with van der Waals surface area (Å²) in [4.78, 5) is 25.1. The van der Waals surface area contributed by atoms with Gasteiger partial charge in [0.25, 0.3) is 5.91 Å². The van der Waals surface area contributed by atoms with E-state index in [9.17, 15) is 9.59 Å². The number of benzene rings is 1. The zero-order valence-electron chi connectivity index (χ0n) is 13.5. The van der Waals surface area contributed by atoms with Gasteiger partial charge in [-0.15, -0.1) is 0 Å².